The van der Waals surface area contributed by atoms with E-state index in [1.165, 1.54) is 7.11 Å². The Hall–Kier alpha value is -2.65. The van der Waals surface area contributed by atoms with Gasteiger partial charge in [-0.15, -0.1) is 0 Å². The third-order valence-corrected chi connectivity index (χ3v) is 3.73. The molecule has 2 aromatic carbocycles. The summed E-state index contributed by atoms with van der Waals surface area (Å²) in [5.41, 5.74) is 2.18. The summed E-state index contributed by atoms with van der Waals surface area (Å²) in [6.45, 7) is 0. The predicted molar refractivity (Wildman–Crippen MR) is 84.8 cm³/mol. The van der Waals surface area contributed by atoms with Crippen molar-refractivity contribution in [1.82, 2.24) is 9.78 Å². The molecule has 0 bridgehead atoms. The molecule has 0 fully saturated rings. The average Bonchev–Trinajstić information content (AvgIpc) is 2.92. The minimum atomic E-state index is -0.511. The van der Waals surface area contributed by atoms with Crippen molar-refractivity contribution >= 4 is 32.8 Å². The van der Waals surface area contributed by atoms with Gasteiger partial charge in [-0.2, -0.15) is 10.4 Å². The quantitative estimate of drug-likeness (QED) is 0.660. The molecule has 0 N–H and O–H groups in total. The second-order valence-electron chi connectivity index (χ2n) is 4.58. The molecule has 108 valence electrons. The number of hydrogen-bond donors (Lipinski definition) is 0. The number of nitrogens with zero attached hydrogens (tertiary/aromatic N) is 3. The van der Waals surface area contributed by atoms with Gasteiger partial charge in [0.25, 0.3) is 0 Å². The Labute approximate surface area is 134 Å². The van der Waals surface area contributed by atoms with Crippen molar-refractivity contribution in [3.63, 3.8) is 0 Å². The predicted octanol–water partition coefficient (Wildman–Crippen LogP) is 3.45. The second kappa shape index (κ2) is 5.62. The van der Waals surface area contributed by atoms with Crippen LogP contribution in [0.3, 0.4) is 0 Å². The van der Waals surface area contributed by atoms with E-state index in [1.807, 2.05) is 24.3 Å². The zero-order valence-corrected chi connectivity index (χ0v) is 13.2. The van der Waals surface area contributed by atoms with E-state index in [0.717, 1.165) is 10.2 Å². The Bertz CT molecular complexity index is 925. The van der Waals surface area contributed by atoms with E-state index in [9.17, 15) is 4.79 Å². The van der Waals surface area contributed by atoms with Gasteiger partial charge in [-0.25, -0.2) is 9.48 Å². The number of ether oxygens (including phenoxy) is 1. The van der Waals surface area contributed by atoms with Crippen LogP contribution in [0.1, 0.15) is 16.1 Å². The maximum atomic E-state index is 11.9. The Morgan fingerprint density at radius 2 is 2.14 bits per heavy atom. The zero-order valence-electron chi connectivity index (χ0n) is 11.6. The average molecular weight is 356 g/mol. The molecule has 0 aliphatic rings. The van der Waals surface area contributed by atoms with Gasteiger partial charge in [0.1, 0.15) is 0 Å². The van der Waals surface area contributed by atoms with Crippen LogP contribution in [0.15, 0.2) is 46.9 Å². The van der Waals surface area contributed by atoms with Crippen LogP contribution in [-0.2, 0) is 4.74 Å². The van der Waals surface area contributed by atoms with Crippen molar-refractivity contribution in [2.24, 2.45) is 0 Å². The molecule has 6 heteroatoms. The number of halogens is 1. The lowest BCUT2D eigenvalue weighted by atomic mass is 10.1. The lowest BCUT2D eigenvalue weighted by molar-refractivity contribution is 0.0595. The molecule has 0 aliphatic heterocycles. The molecule has 0 radical (unpaired) electrons. The molecule has 22 heavy (non-hydrogen) atoms. The van der Waals surface area contributed by atoms with Crippen LogP contribution in [-0.4, -0.2) is 22.9 Å². The number of esters is 1. The van der Waals surface area contributed by atoms with Gasteiger partial charge in [0.15, 0.2) is 5.69 Å². The van der Waals surface area contributed by atoms with Crippen LogP contribution in [0, 0.1) is 11.3 Å². The lowest BCUT2D eigenvalue weighted by Crippen LogP contribution is -2.04. The van der Waals surface area contributed by atoms with Gasteiger partial charge in [-0.05, 0) is 36.4 Å². The number of carbonyl (C=O) groups is 1. The molecule has 3 rings (SSSR count). The topological polar surface area (TPSA) is 67.9 Å². The molecule has 1 heterocycles. The van der Waals surface area contributed by atoms with Crippen LogP contribution in [0.2, 0.25) is 0 Å². The highest BCUT2D eigenvalue weighted by molar-refractivity contribution is 9.10. The normalized spacial score (nSPS) is 10.4. The third-order valence-electron chi connectivity index (χ3n) is 3.24. The number of benzene rings is 2. The number of hydrogen-bond acceptors (Lipinski definition) is 4. The molecule has 0 spiro atoms. The Morgan fingerprint density at radius 1 is 1.32 bits per heavy atom. The van der Waals surface area contributed by atoms with E-state index in [1.54, 1.807) is 22.9 Å². The van der Waals surface area contributed by atoms with Crippen molar-refractivity contribution in [3.8, 4) is 11.8 Å². The molecule has 0 saturated carbocycles. The minimum Gasteiger partial charge on any atom is -0.464 e. The van der Waals surface area contributed by atoms with E-state index >= 15 is 0 Å². The molecular formula is C16H10BrN3O2. The summed E-state index contributed by atoms with van der Waals surface area (Å²) in [5.74, 6) is -0.511. The van der Waals surface area contributed by atoms with E-state index in [2.05, 4.69) is 27.1 Å². The van der Waals surface area contributed by atoms with Gasteiger partial charge in [-0.1, -0.05) is 22.0 Å². The van der Waals surface area contributed by atoms with E-state index < -0.39 is 5.97 Å². The van der Waals surface area contributed by atoms with Crippen molar-refractivity contribution in [2.45, 2.75) is 0 Å². The third kappa shape index (κ3) is 2.36. The van der Waals surface area contributed by atoms with E-state index in [-0.39, 0.29) is 5.69 Å². The molecule has 3 aromatic rings. The van der Waals surface area contributed by atoms with Gasteiger partial charge in [0.2, 0.25) is 0 Å². The fourth-order valence-electron chi connectivity index (χ4n) is 2.24. The van der Waals surface area contributed by atoms with Crippen LogP contribution in [0.25, 0.3) is 16.6 Å². The number of aromatic nitrogens is 2. The molecule has 0 amide bonds. The summed E-state index contributed by atoms with van der Waals surface area (Å²) in [5, 5.41) is 14.1. The molecule has 1 aromatic heterocycles. The first-order valence-corrected chi connectivity index (χ1v) is 7.20. The highest BCUT2D eigenvalue weighted by Gasteiger charge is 2.19. The summed E-state index contributed by atoms with van der Waals surface area (Å²) in [6.07, 6.45) is 0. The Kier molecular flexibility index (Phi) is 3.65. The molecule has 5 nitrogen and oxygen atoms in total. The standard InChI is InChI=1S/C16H10BrN3O2/c1-22-16(21)15-13-6-5-10(9-18)7-14(13)20(19-15)12-4-2-3-11(17)8-12/h2-8H,1H3. The van der Waals surface area contributed by atoms with Crippen LogP contribution in [0.4, 0.5) is 0 Å². The summed E-state index contributed by atoms with van der Waals surface area (Å²) in [7, 11) is 1.32. The van der Waals surface area contributed by atoms with Crippen molar-refractivity contribution in [3.05, 3.63) is 58.2 Å². The first kappa shape index (κ1) is 14.3. The molecule has 0 unspecified atom stereocenters. The summed E-state index contributed by atoms with van der Waals surface area (Å²) in [4.78, 5) is 11.9. The Balaban J connectivity index is 2.33. The largest absolute Gasteiger partial charge is 0.464 e. The SMILES string of the molecule is COC(=O)c1nn(-c2cccc(Br)c2)c2cc(C#N)ccc12. The second-order valence-corrected chi connectivity index (χ2v) is 5.49. The fourth-order valence-corrected chi connectivity index (χ4v) is 2.62. The first-order valence-electron chi connectivity index (χ1n) is 6.41. The molecule has 0 atom stereocenters. The summed E-state index contributed by atoms with van der Waals surface area (Å²) >= 11 is 3.42. The first-order chi connectivity index (χ1) is 10.6. The highest BCUT2D eigenvalue weighted by Crippen LogP contribution is 2.25. The maximum absolute atomic E-state index is 11.9. The van der Waals surface area contributed by atoms with Crippen molar-refractivity contribution < 1.29 is 9.53 Å². The van der Waals surface area contributed by atoms with Crippen LogP contribution >= 0.6 is 15.9 Å². The number of rotatable bonds is 2. The molecule has 0 saturated heterocycles. The van der Waals surface area contributed by atoms with Crippen LogP contribution in [0.5, 0.6) is 0 Å². The van der Waals surface area contributed by atoms with Crippen LogP contribution < -0.4 is 0 Å². The number of carbonyl (C=O) groups excluding carboxylic acids is 1. The van der Waals surface area contributed by atoms with Gasteiger partial charge < -0.3 is 4.74 Å². The van der Waals surface area contributed by atoms with Gasteiger partial charge >= 0.3 is 5.97 Å². The van der Waals surface area contributed by atoms with Gasteiger partial charge in [-0.3, -0.25) is 0 Å². The van der Waals surface area contributed by atoms with Gasteiger partial charge in [0, 0.05) is 9.86 Å². The monoisotopic (exact) mass is 355 g/mol. The van der Waals surface area contributed by atoms with E-state index in [4.69, 9.17) is 10.00 Å². The summed E-state index contributed by atoms with van der Waals surface area (Å²) in [6, 6.07) is 14.7. The molecular weight excluding hydrogens is 346 g/mol. The molecule has 0 aliphatic carbocycles. The number of fused-ring (bicyclic) bond motifs is 1. The number of methoxy groups -OCH3 is 1. The minimum absolute atomic E-state index is 0.224. The van der Waals surface area contributed by atoms with Crippen molar-refractivity contribution in [1.29, 1.82) is 5.26 Å². The summed E-state index contributed by atoms with van der Waals surface area (Å²) < 4.78 is 7.31. The highest BCUT2D eigenvalue weighted by atomic mass is 79.9. The maximum Gasteiger partial charge on any atom is 0.359 e. The lowest BCUT2D eigenvalue weighted by Gasteiger charge is -2.04. The number of nitriles is 1. The smallest absolute Gasteiger partial charge is 0.359 e. The zero-order chi connectivity index (χ0) is 15.7. The van der Waals surface area contributed by atoms with E-state index in [0.29, 0.717) is 16.5 Å². The fraction of sp³-hybridized carbons (Fsp3) is 0.0625. The van der Waals surface area contributed by atoms with Crippen molar-refractivity contribution in [2.75, 3.05) is 7.11 Å². The van der Waals surface area contributed by atoms with Gasteiger partial charge in [0.05, 0.1) is 29.9 Å². The Morgan fingerprint density at radius 3 is 2.82 bits per heavy atom.